The minimum atomic E-state index is -1.48. The maximum absolute atomic E-state index is 9.61. The Bertz CT molecular complexity index is 150. The number of hydrogen-bond acceptors (Lipinski definition) is 2. The van der Waals surface area contributed by atoms with Crippen molar-refractivity contribution in [2.45, 2.75) is 46.3 Å². The molecule has 1 fully saturated rings. The topological polar surface area (TPSA) is 40.5 Å². The van der Waals surface area contributed by atoms with E-state index in [4.69, 9.17) is 0 Å². The van der Waals surface area contributed by atoms with Crippen LogP contribution in [0.25, 0.3) is 0 Å². The van der Waals surface area contributed by atoms with E-state index in [-0.39, 0.29) is 5.41 Å². The fraction of sp³-hybridized carbons (Fsp3) is 1.00. The Kier molecular flexibility index (Phi) is 1.63. The molecule has 0 aromatic heterocycles. The Morgan fingerprint density at radius 1 is 0.909 bits per heavy atom. The molecule has 0 spiro atoms. The van der Waals surface area contributed by atoms with Gasteiger partial charge < -0.3 is 10.2 Å². The molecule has 1 aliphatic carbocycles. The van der Waals surface area contributed by atoms with E-state index in [0.29, 0.717) is 6.42 Å². The van der Waals surface area contributed by atoms with E-state index < -0.39 is 11.2 Å². The van der Waals surface area contributed by atoms with Crippen LogP contribution in [-0.2, 0) is 0 Å². The van der Waals surface area contributed by atoms with Gasteiger partial charge in [-0.15, -0.1) is 0 Å². The minimum absolute atomic E-state index is 0.0243. The second kappa shape index (κ2) is 1.99. The summed E-state index contributed by atoms with van der Waals surface area (Å²) in [7, 11) is 0. The van der Waals surface area contributed by atoms with E-state index in [1.54, 1.807) is 0 Å². The average Bonchev–Trinajstić information content (AvgIpc) is 1.93. The van der Waals surface area contributed by atoms with Gasteiger partial charge in [0.15, 0.2) is 5.79 Å². The lowest BCUT2D eigenvalue weighted by Gasteiger charge is -2.41. The molecule has 0 aromatic carbocycles. The van der Waals surface area contributed by atoms with Crippen LogP contribution in [0.1, 0.15) is 40.5 Å². The maximum Gasteiger partial charge on any atom is 0.168 e. The quantitative estimate of drug-likeness (QED) is 0.525. The lowest BCUT2D eigenvalue weighted by molar-refractivity contribution is -0.231. The summed E-state index contributed by atoms with van der Waals surface area (Å²) in [4.78, 5) is 0. The molecule has 1 saturated carbocycles. The standard InChI is InChI=1S/C9H18O2/c1-7(2)5-6-9(10,11)8(7,3)4/h10-11H,5-6H2,1-4H3. The van der Waals surface area contributed by atoms with E-state index in [1.807, 2.05) is 13.8 Å². The van der Waals surface area contributed by atoms with Gasteiger partial charge >= 0.3 is 0 Å². The second-order valence-corrected chi connectivity index (χ2v) is 4.83. The highest BCUT2D eigenvalue weighted by atomic mass is 16.5. The minimum Gasteiger partial charge on any atom is -0.365 e. The maximum atomic E-state index is 9.61. The third kappa shape index (κ3) is 1.00. The van der Waals surface area contributed by atoms with Gasteiger partial charge in [0.1, 0.15) is 0 Å². The molecule has 1 rings (SSSR count). The van der Waals surface area contributed by atoms with Crippen LogP contribution in [0.5, 0.6) is 0 Å². The lowest BCUT2D eigenvalue weighted by Crippen LogP contribution is -2.45. The molecule has 0 unspecified atom stereocenters. The smallest absolute Gasteiger partial charge is 0.168 e. The SMILES string of the molecule is CC1(C)CCC(O)(O)C1(C)C. The summed E-state index contributed by atoms with van der Waals surface area (Å²) in [5, 5.41) is 19.2. The molecule has 0 heterocycles. The van der Waals surface area contributed by atoms with Crippen LogP contribution in [-0.4, -0.2) is 16.0 Å². The Morgan fingerprint density at radius 2 is 1.36 bits per heavy atom. The van der Waals surface area contributed by atoms with Crippen LogP contribution in [0.4, 0.5) is 0 Å². The van der Waals surface area contributed by atoms with E-state index in [1.165, 1.54) is 0 Å². The summed E-state index contributed by atoms with van der Waals surface area (Å²) >= 11 is 0. The number of hydrogen-bond donors (Lipinski definition) is 2. The highest BCUT2D eigenvalue weighted by Crippen LogP contribution is 2.56. The van der Waals surface area contributed by atoms with Gasteiger partial charge in [-0.25, -0.2) is 0 Å². The molecule has 0 bridgehead atoms. The molecule has 2 nitrogen and oxygen atoms in total. The zero-order valence-electron chi connectivity index (χ0n) is 7.81. The summed E-state index contributed by atoms with van der Waals surface area (Å²) in [6, 6.07) is 0. The van der Waals surface area contributed by atoms with Crippen molar-refractivity contribution in [1.82, 2.24) is 0 Å². The molecule has 1 aliphatic rings. The van der Waals surface area contributed by atoms with Crippen LogP contribution < -0.4 is 0 Å². The first-order valence-electron chi connectivity index (χ1n) is 4.15. The highest BCUT2D eigenvalue weighted by Gasteiger charge is 2.57. The molecule has 2 N–H and O–H groups in total. The summed E-state index contributed by atoms with van der Waals surface area (Å²) in [6.07, 6.45) is 1.38. The first-order valence-corrected chi connectivity index (χ1v) is 4.15. The van der Waals surface area contributed by atoms with Gasteiger partial charge in [-0.1, -0.05) is 27.7 Å². The Labute approximate surface area is 68.2 Å². The second-order valence-electron chi connectivity index (χ2n) is 4.83. The van der Waals surface area contributed by atoms with Gasteiger partial charge in [0.25, 0.3) is 0 Å². The molecular weight excluding hydrogens is 140 g/mol. The molecular formula is C9H18O2. The van der Waals surface area contributed by atoms with Gasteiger partial charge in [0.05, 0.1) is 0 Å². The van der Waals surface area contributed by atoms with Gasteiger partial charge in [-0.05, 0) is 11.8 Å². The van der Waals surface area contributed by atoms with Crippen molar-refractivity contribution in [2.75, 3.05) is 0 Å². The van der Waals surface area contributed by atoms with Crippen LogP contribution in [0.15, 0.2) is 0 Å². The molecule has 0 saturated heterocycles. The molecule has 11 heavy (non-hydrogen) atoms. The van der Waals surface area contributed by atoms with Crippen molar-refractivity contribution < 1.29 is 10.2 Å². The predicted octanol–water partition coefficient (Wildman–Crippen LogP) is 1.51. The van der Waals surface area contributed by atoms with Crippen molar-refractivity contribution in [3.05, 3.63) is 0 Å². The van der Waals surface area contributed by atoms with Crippen molar-refractivity contribution in [3.63, 3.8) is 0 Å². The lowest BCUT2D eigenvalue weighted by atomic mass is 9.69. The van der Waals surface area contributed by atoms with Gasteiger partial charge in [-0.3, -0.25) is 0 Å². The van der Waals surface area contributed by atoms with Gasteiger partial charge in [-0.2, -0.15) is 0 Å². The predicted molar refractivity (Wildman–Crippen MR) is 44.0 cm³/mol. The van der Waals surface area contributed by atoms with Crippen LogP contribution in [0.2, 0.25) is 0 Å². The van der Waals surface area contributed by atoms with Crippen LogP contribution in [0.3, 0.4) is 0 Å². The summed E-state index contributed by atoms with van der Waals surface area (Å²) in [5.74, 6) is -1.48. The van der Waals surface area contributed by atoms with Crippen LogP contribution in [0, 0.1) is 10.8 Å². The molecule has 2 heteroatoms. The van der Waals surface area contributed by atoms with E-state index in [2.05, 4.69) is 13.8 Å². The van der Waals surface area contributed by atoms with E-state index in [9.17, 15) is 10.2 Å². The highest BCUT2D eigenvalue weighted by molar-refractivity contribution is 5.01. The summed E-state index contributed by atoms with van der Waals surface area (Å²) in [5.41, 5.74) is -0.378. The third-order valence-corrected chi connectivity index (χ3v) is 3.79. The fourth-order valence-electron chi connectivity index (χ4n) is 1.65. The van der Waals surface area contributed by atoms with Gasteiger partial charge in [0.2, 0.25) is 0 Å². The van der Waals surface area contributed by atoms with E-state index >= 15 is 0 Å². The van der Waals surface area contributed by atoms with E-state index in [0.717, 1.165) is 6.42 Å². The number of aliphatic hydroxyl groups is 2. The molecule has 0 aliphatic heterocycles. The normalized spacial score (nSPS) is 32.2. The molecule has 0 aromatic rings. The molecule has 0 radical (unpaired) electrons. The average molecular weight is 158 g/mol. The molecule has 0 amide bonds. The number of rotatable bonds is 0. The Balaban J connectivity index is 3.00. The first kappa shape index (κ1) is 9.01. The van der Waals surface area contributed by atoms with Crippen molar-refractivity contribution in [2.24, 2.45) is 10.8 Å². The monoisotopic (exact) mass is 158 g/mol. The van der Waals surface area contributed by atoms with Crippen molar-refractivity contribution in [3.8, 4) is 0 Å². The fourth-order valence-corrected chi connectivity index (χ4v) is 1.65. The zero-order chi connectivity index (χ0) is 8.91. The Hall–Kier alpha value is -0.0800. The molecule has 66 valence electrons. The van der Waals surface area contributed by atoms with Crippen molar-refractivity contribution >= 4 is 0 Å². The Morgan fingerprint density at radius 3 is 1.45 bits per heavy atom. The first-order chi connectivity index (χ1) is 4.71. The summed E-state index contributed by atoms with van der Waals surface area (Å²) in [6.45, 7) is 8.00. The largest absolute Gasteiger partial charge is 0.365 e. The summed E-state index contributed by atoms with van der Waals surface area (Å²) < 4.78 is 0. The van der Waals surface area contributed by atoms with Gasteiger partial charge in [0, 0.05) is 11.8 Å². The molecule has 0 atom stereocenters. The zero-order valence-corrected chi connectivity index (χ0v) is 7.81. The van der Waals surface area contributed by atoms with Crippen LogP contribution >= 0.6 is 0 Å². The third-order valence-electron chi connectivity index (χ3n) is 3.79. The van der Waals surface area contributed by atoms with Crippen molar-refractivity contribution in [1.29, 1.82) is 0 Å².